The van der Waals surface area contributed by atoms with Crippen molar-refractivity contribution in [3.05, 3.63) is 59.7 Å². The van der Waals surface area contributed by atoms with E-state index in [1.165, 1.54) is 5.56 Å². The highest BCUT2D eigenvalue weighted by atomic mass is 16.5. The fourth-order valence-electron chi connectivity index (χ4n) is 4.87. The molecule has 158 valence electrons. The van der Waals surface area contributed by atoms with Gasteiger partial charge in [0.25, 0.3) is 0 Å². The van der Waals surface area contributed by atoms with Crippen LogP contribution in [-0.4, -0.2) is 54.4 Å². The summed E-state index contributed by atoms with van der Waals surface area (Å²) in [6, 6.07) is 15.6. The number of ether oxygens (including phenoxy) is 1. The zero-order valence-electron chi connectivity index (χ0n) is 17.0. The molecule has 2 aromatic carbocycles. The van der Waals surface area contributed by atoms with Gasteiger partial charge < -0.3 is 14.7 Å². The van der Waals surface area contributed by atoms with Crippen LogP contribution in [-0.2, 0) is 11.3 Å². The Morgan fingerprint density at radius 1 is 1.07 bits per heavy atom. The smallest absolute Gasteiger partial charge is 0.325 e. The van der Waals surface area contributed by atoms with E-state index >= 15 is 0 Å². The van der Waals surface area contributed by atoms with Crippen LogP contribution in [0.3, 0.4) is 0 Å². The summed E-state index contributed by atoms with van der Waals surface area (Å²) in [7, 11) is 0. The van der Waals surface area contributed by atoms with Crippen LogP contribution in [0, 0.1) is 0 Å². The van der Waals surface area contributed by atoms with Crippen molar-refractivity contribution in [3.63, 3.8) is 0 Å². The number of hydrazine groups is 1. The molecule has 1 spiro atoms. The van der Waals surface area contributed by atoms with Crippen molar-refractivity contribution in [2.75, 3.05) is 37.7 Å². The average Bonchev–Trinajstić information content (AvgIpc) is 3.39. The summed E-state index contributed by atoms with van der Waals surface area (Å²) >= 11 is 0. The van der Waals surface area contributed by atoms with Gasteiger partial charge in [-0.15, -0.1) is 0 Å². The summed E-state index contributed by atoms with van der Waals surface area (Å²) in [5, 5.41) is 9.86. The quantitative estimate of drug-likeness (QED) is 0.725. The Bertz CT molecular complexity index is 905. The number of amides is 2. The summed E-state index contributed by atoms with van der Waals surface area (Å²) in [4.78, 5) is 17.4. The third-order valence-corrected chi connectivity index (χ3v) is 6.66. The fraction of sp³-hybridized carbons (Fsp3) is 0.435. The molecule has 0 aromatic heterocycles. The molecule has 3 heterocycles. The second kappa shape index (κ2) is 7.91. The molecular weight excluding hydrogens is 380 g/mol. The number of aromatic hydroxyl groups is 1. The van der Waals surface area contributed by atoms with E-state index in [1.54, 1.807) is 12.1 Å². The molecule has 5 rings (SSSR count). The largest absolute Gasteiger partial charge is 0.508 e. The minimum absolute atomic E-state index is 0.0252. The number of hydrogen-bond donors (Lipinski definition) is 3. The second-order valence-corrected chi connectivity index (χ2v) is 8.51. The van der Waals surface area contributed by atoms with Gasteiger partial charge >= 0.3 is 6.03 Å². The maximum absolute atomic E-state index is 13.5. The number of phenols is 1. The van der Waals surface area contributed by atoms with Crippen LogP contribution in [0.5, 0.6) is 5.75 Å². The summed E-state index contributed by atoms with van der Waals surface area (Å²) in [6.07, 6.45) is 1.65. The van der Waals surface area contributed by atoms with E-state index in [4.69, 9.17) is 4.74 Å². The number of urea groups is 1. The Morgan fingerprint density at radius 3 is 2.50 bits per heavy atom. The first-order chi connectivity index (χ1) is 14.6. The van der Waals surface area contributed by atoms with Gasteiger partial charge in [0, 0.05) is 44.5 Å². The van der Waals surface area contributed by atoms with Gasteiger partial charge in [0.2, 0.25) is 0 Å². The number of nitrogens with zero attached hydrogens (tertiary/aromatic N) is 2. The van der Waals surface area contributed by atoms with Crippen LogP contribution in [0.2, 0.25) is 0 Å². The SMILES string of the molecule is O=C1N(c2ccc(C3CNNC3)cc2)CC2(CCOCC2)N1Cc1cccc(O)c1. The maximum Gasteiger partial charge on any atom is 0.325 e. The molecule has 3 N–H and O–H groups in total. The van der Waals surface area contributed by atoms with Crippen LogP contribution >= 0.6 is 0 Å². The highest BCUT2D eigenvalue weighted by Crippen LogP contribution is 2.39. The molecule has 2 aromatic rings. The predicted molar refractivity (Wildman–Crippen MR) is 114 cm³/mol. The fourth-order valence-corrected chi connectivity index (χ4v) is 4.87. The molecular formula is C23H28N4O3. The van der Waals surface area contributed by atoms with Crippen LogP contribution in [0.25, 0.3) is 0 Å². The zero-order chi connectivity index (χ0) is 20.6. The lowest BCUT2D eigenvalue weighted by Gasteiger charge is -2.39. The minimum Gasteiger partial charge on any atom is -0.508 e. The molecule has 0 saturated carbocycles. The van der Waals surface area contributed by atoms with E-state index in [0.717, 1.165) is 37.2 Å². The highest BCUT2D eigenvalue weighted by molar-refractivity contribution is 5.95. The van der Waals surface area contributed by atoms with Crippen LogP contribution < -0.4 is 15.8 Å². The number of rotatable bonds is 4. The minimum atomic E-state index is -0.237. The van der Waals surface area contributed by atoms with Crippen LogP contribution in [0.4, 0.5) is 10.5 Å². The molecule has 2 amide bonds. The highest BCUT2D eigenvalue weighted by Gasteiger charge is 2.50. The van der Waals surface area contributed by atoms with E-state index < -0.39 is 0 Å². The number of nitrogens with one attached hydrogen (secondary N) is 2. The Labute approximate surface area is 176 Å². The molecule has 0 unspecified atom stereocenters. The van der Waals surface area contributed by atoms with Gasteiger partial charge in [0.05, 0.1) is 12.1 Å². The van der Waals surface area contributed by atoms with Gasteiger partial charge in [0.1, 0.15) is 5.75 Å². The molecule has 3 fully saturated rings. The molecule has 30 heavy (non-hydrogen) atoms. The van der Waals surface area contributed by atoms with Crippen molar-refractivity contribution >= 4 is 11.7 Å². The van der Waals surface area contributed by atoms with Gasteiger partial charge in [0.15, 0.2) is 0 Å². The van der Waals surface area contributed by atoms with E-state index in [1.807, 2.05) is 21.9 Å². The van der Waals surface area contributed by atoms with Crippen LogP contribution in [0.15, 0.2) is 48.5 Å². The number of carbonyl (C=O) groups is 1. The average molecular weight is 409 g/mol. The molecule has 3 aliphatic heterocycles. The zero-order valence-corrected chi connectivity index (χ0v) is 17.0. The molecule has 7 nitrogen and oxygen atoms in total. The predicted octanol–water partition coefficient (Wildman–Crippen LogP) is 2.58. The molecule has 0 aliphatic carbocycles. The van der Waals surface area contributed by atoms with Gasteiger partial charge in [-0.1, -0.05) is 24.3 Å². The molecule has 3 aliphatic rings. The van der Waals surface area contributed by atoms with Crippen molar-refractivity contribution < 1.29 is 14.6 Å². The first-order valence-corrected chi connectivity index (χ1v) is 10.7. The second-order valence-electron chi connectivity index (χ2n) is 8.51. The van der Waals surface area contributed by atoms with E-state index in [0.29, 0.717) is 32.2 Å². The Kier molecular flexibility index (Phi) is 5.10. The summed E-state index contributed by atoms with van der Waals surface area (Å²) < 4.78 is 5.61. The number of anilines is 1. The number of hydrogen-bond acceptors (Lipinski definition) is 5. The Morgan fingerprint density at radius 2 is 1.80 bits per heavy atom. The van der Waals surface area contributed by atoms with Crippen molar-refractivity contribution in [1.29, 1.82) is 0 Å². The molecule has 0 radical (unpaired) electrons. The van der Waals surface area contributed by atoms with Gasteiger partial charge in [-0.05, 0) is 48.2 Å². The van der Waals surface area contributed by atoms with E-state index in [9.17, 15) is 9.90 Å². The monoisotopic (exact) mass is 408 g/mol. The van der Waals surface area contributed by atoms with Gasteiger partial charge in [-0.2, -0.15) is 0 Å². The van der Waals surface area contributed by atoms with Crippen molar-refractivity contribution in [2.45, 2.75) is 30.8 Å². The van der Waals surface area contributed by atoms with Gasteiger partial charge in [-0.25, -0.2) is 4.79 Å². The third-order valence-electron chi connectivity index (χ3n) is 6.66. The maximum atomic E-state index is 13.5. The molecule has 7 heteroatoms. The van der Waals surface area contributed by atoms with E-state index in [2.05, 4.69) is 35.1 Å². The molecule has 0 atom stereocenters. The lowest BCUT2D eigenvalue weighted by molar-refractivity contribution is 0.00609. The summed E-state index contributed by atoms with van der Waals surface area (Å²) in [5.74, 6) is 0.681. The standard InChI is InChI=1S/C23H28N4O3/c28-21-3-1-2-17(12-21)15-27-22(29)26(16-23(27)8-10-30-11-9-23)20-6-4-18(5-7-20)19-13-24-25-14-19/h1-7,12,19,24-25,28H,8-11,13-16H2. The van der Waals surface area contributed by atoms with Gasteiger partial charge in [-0.3, -0.25) is 15.8 Å². The lowest BCUT2D eigenvalue weighted by atomic mass is 9.89. The first kappa shape index (κ1) is 19.4. The number of carbonyl (C=O) groups excluding carboxylic acids is 1. The van der Waals surface area contributed by atoms with Crippen molar-refractivity contribution in [3.8, 4) is 5.75 Å². The number of benzene rings is 2. The van der Waals surface area contributed by atoms with Crippen molar-refractivity contribution in [1.82, 2.24) is 15.8 Å². The van der Waals surface area contributed by atoms with E-state index in [-0.39, 0.29) is 17.3 Å². The molecule has 3 saturated heterocycles. The normalized spacial score (nSPS) is 21.7. The topological polar surface area (TPSA) is 77.1 Å². The first-order valence-electron chi connectivity index (χ1n) is 10.7. The Hall–Kier alpha value is -2.61. The number of phenolic OH excluding ortho intramolecular Hbond substituents is 1. The summed E-state index contributed by atoms with van der Waals surface area (Å²) in [6.45, 7) is 4.32. The molecule has 0 bridgehead atoms. The van der Waals surface area contributed by atoms with Crippen LogP contribution in [0.1, 0.15) is 29.9 Å². The van der Waals surface area contributed by atoms with Crippen molar-refractivity contribution in [2.24, 2.45) is 0 Å². The summed E-state index contributed by atoms with van der Waals surface area (Å²) in [5.41, 5.74) is 9.25. The third kappa shape index (κ3) is 3.53. The Balaban J connectivity index is 1.41. The lowest BCUT2D eigenvalue weighted by Crippen LogP contribution is -2.50.